The molecule has 1 aliphatic rings. The number of phenols is 1. The van der Waals surface area contributed by atoms with E-state index in [-0.39, 0.29) is 36.1 Å². The van der Waals surface area contributed by atoms with E-state index in [9.17, 15) is 24.5 Å². The number of amides is 1. The van der Waals surface area contributed by atoms with Crippen LogP contribution in [-0.2, 0) is 6.54 Å². The molecule has 1 aromatic heterocycles. The molecule has 1 aliphatic heterocycles. The van der Waals surface area contributed by atoms with Crippen LogP contribution >= 0.6 is 0 Å². The molecule has 2 aromatic rings. The molecule has 0 aliphatic carbocycles. The van der Waals surface area contributed by atoms with Crippen molar-refractivity contribution >= 4 is 5.91 Å². The second-order valence-electron chi connectivity index (χ2n) is 9.14. The first-order valence-electron chi connectivity index (χ1n) is 10.2. The molecule has 0 fully saturated rings. The van der Waals surface area contributed by atoms with Gasteiger partial charge in [0.25, 0.3) is 0 Å². The summed E-state index contributed by atoms with van der Waals surface area (Å²) >= 11 is 0. The summed E-state index contributed by atoms with van der Waals surface area (Å²) in [6.45, 7) is 9.02. The molecular formula is C22H26N4O6. The molecule has 2 heterocycles. The van der Waals surface area contributed by atoms with E-state index in [4.69, 9.17) is 4.74 Å². The van der Waals surface area contributed by atoms with Gasteiger partial charge in [-0.3, -0.25) is 14.3 Å². The molecule has 0 saturated heterocycles. The number of fused-ring (bicyclic) bond motifs is 3. The van der Waals surface area contributed by atoms with Crippen molar-refractivity contribution in [2.75, 3.05) is 24.7 Å². The van der Waals surface area contributed by atoms with E-state index < -0.39 is 16.8 Å². The molecule has 32 heavy (non-hydrogen) atoms. The normalized spacial score (nSPS) is 12.8. The summed E-state index contributed by atoms with van der Waals surface area (Å²) in [5.41, 5.74) is 0.475. The van der Waals surface area contributed by atoms with Crippen molar-refractivity contribution in [3.05, 3.63) is 55.6 Å². The van der Waals surface area contributed by atoms with Crippen LogP contribution in [0.3, 0.4) is 0 Å². The summed E-state index contributed by atoms with van der Waals surface area (Å²) in [5, 5.41) is 17.8. The Hall–Kier alpha value is -3.56. The molecule has 1 amide bonds. The van der Waals surface area contributed by atoms with Gasteiger partial charge in [0.05, 0.1) is 25.4 Å². The lowest BCUT2D eigenvalue weighted by Crippen LogP contribution is -2.41. The minimum absolute atomic E-state index is 0.0772. The van der Waals surface area contributed by atoms with Crippen molar-refractivity contribution in [3.8, 4) is 22.8 Å². The van der Waals surface area contributed by atoms with E-state index in [1.165, 1.54) is 18.3 Å². The highest BCUT2D eigenvalue weighted by atomic mass is 16.5. The summed E-state index contributed by atoms with van der Waals surface area (Å²) in [4.78, 5) is 45.6. The fourth-order valence-electron chi connectivity index (χ4n) is 3.60. The van der Waals surface area contributed by atoms with Gasteiger partial charge in [0.1, 0.15) is 5.56 Å². The van der Waals surface area contributed by atoms with Gasteiger partial charge in [-0.2, -0.15) is 4.91 Å². The lowest BCUT2D eigenvalue weighted by Gasteiger charge is -2.36. The first kappa shape index (κ1) is 23.1. The molecule has 1 aromatic carbocycles. The van der Waals surface area contributed by atoms with Crippen LogP contribution in [0.2, 0.25) is 0 Å². The molecular weight excluding hydrogens is 416 g/mol. The Morgan fingerprint density at radius 2 is 1.97 bits per heavy atom. The smallest absolute Gasteiger partial charge is 0.322 e. The van der Waals surface area contributed by atoms with Crippen LogP contribution in [0.4, 0.5) is 0 Å². The highest BCUT2D eigenvalue weighted by Gasteiger charge is 2.27. The van der Waals surface area contributed by atoms with Crippen LogP contribution in [0.1, 0.15) is 43.6 Å². The average molecular weight is 442 g/mol. The van der Waals surface area contributed by atoms with E-state index in [0.717, 1.165) is 5.56 Å². The van der Waals surface area contributed by atoms with Crippen molar-refractivity contribution < 1.29 is 14.6 Å². The number of ether oxygens (including phenoxy) is 1. The minimum Gasteiger partial charge on any atom is -0.504 e. The Bertz CT molecular complexity index is 1120. The highest BCUT2D eigenvalue weighted by Crippen LogP contribution is 2.38. The molecule has 0 bridgehead atoms. The average Bonchev–Trinajstić information content (AvgIpc) is 2.71. The van der Waals surface area contributed by atoms with Gasteiger partial charge >= 0.3 is 5.91 Å². The molecule has 10 nitrogen and oxygen atoms in total. The van der Waals surface area contributed by atoms with Gasteiger partial charge in [-0.25, -0.2) is 0 Å². The maximum absolute atomic E-state index is 12.5. The SMILES string of the molecule is CC(C)CN1Cc2cc(OCC(C)(C)CN=O)c(O)cc2-c2cc(=O)c(C(=O)N=O)cn21. The summed E-state index contributed by atoms with van der Waals surface area (Å²) in [5.74, 6) is -0.721. The topological polar surface area (TPSA) is 131 Å². The summed E-state index contributed by atoms with van der Waals surface area (Å²) in [6.07, 6.45) is 1.32. The van der Waals surface area contributed by atoms with E-state index in [1.807, 2.05) is 32.7 Å². The van der Waals surface area contributed by atoms with Crippen LogP contribution in [-0.4, -0.2) is 35.4 Å². The van der Waals surface area contributed by atoms with Crippen molar-refractivity contribution in [1.29, 1.82) is 0 Å². The standard InChI is InChI=1S/C22H26N4O6/c1-13(2)8-25-9-14-5-20(32-12-22(3,4)11-23-30)19(28)6-15(14)17-7-18(27)16(10-26(17)25)21(29)24-31/h5-7,10,13,28H,8-9,11-12H2,1-4H3. The lowest BCUT2D eigenvalue weighted by molar-refractivity contribution is 0.0999. The van der Waals surface area contributed by atoms with Crippen LogP contribution in [0.25, 0.3) is 11.3 Å². The minimum atomic E-state index is -1.13. The Kier molecular flexibility index (Phi) is 6.42. The Labute approximate surface area is 184 Å². The van der Waals surface area contributed by atoms with Gasteiger partial charge in [0.15, 0.2) is 16.9 Å². The van der Waals surface area contributed by atoms with E-state index >= 15 is 0 Å². The number of aromatic nitrogens is 1. The first-order chi connectivity index (χ1) is 15.1. The number of aromatic hydroxyl groups is 1. The molecule has 0 saturated carbocycles. The quantitative estimate of drug-likeness (QED) is 0.620. The van der Waals surface area contributed by atoms with Crippen molar-refractivity contribution in [1.82, 2.24) is 4.68 Å². The monoisotopic (exact) mass is 442 g/mol. The second kappa shape index (κ2) is 8.89. The van der Waals surface area contributed by atoms with Gasteiger partial charge in [0, 0.05) is 35.0 Å². The second-order valence-corrected chi connectivity index (χ2v) is 9.14. The van der Waals surface area contributed by atoms with Crippen LogP contribution in [0, 0.1) is 21.1 Å². The Balaban J connectivity index is 2.08. The maximum Gasteiger partial charge on any atom is 0.322 e. The molecule has 0 spiro atoms. The van der Waals surface area contributed by atoms with Gasteiger partial charge in [-0.15, -0.1) is 4.91 Å². The van der Waals surface area contributed by atoms with E-state index in [2.05, 4.69) is 10.4 Å². The zero-order chi connectivity index (χ0) is 23.6. The number of benzene rings is 1. The number of nitroso groups, excluding NO2 is 2. The number of hydrogen-bond acceptors (Lipinski definition) is 8. The summed E-state index contributed by atoms with van der Waals surface area (Å²) < 4.78 is 7.44. The highest BCUT2D eigenvalue weighted by molar-refractivity contribution is 5.94. The number of rotatable bonds is 8. The third-order valence-corrected chi connectivity index (χ3v) is 5.15. The van der Waals surface area contributed by atoms with Crippen LogP contribution in [0.15, 0.2) is 39.5 Å². The molecule has 10 heteroatoms. The Morgan fingerprint density at radius 3 is 2.59 bits per heavy atom. The van der Waals surface area contributed by atoms with Crippen molar-refractivity contribution in [3.63, 3.8) is 0 Å². The third kappa shape index (κ3) is 4.68. The Morgan fingerprint density at radius 1 is 1.25 bits per heavy atom. The van der Waals surface area contributed by atoms with Gasteiger partial charge in [0.2, 0.25) is 0 Å². The fourth-order valence-corrected chi connectivity index (χ4v) is 3.60. The predicted octanol–water partition coefficient (Wildman–Crippen LogP) is 3.41. The number of hydrogen-bond donors (Lipinski definition) is 1. The van der Waals surface area contributed by atoms with Crippen LogP contribution in [0.5, 0.6) is 11.5 Å². The predicted molar refractivity (Wildman–Crippen MR) is 119 cm³/mol. The van der Waals surface area contributed by atoms with Gasteiger partial charge in [-0.1, -0.05) is 32.9 Å². The van der Waals surface area contributed by atoms with Crippen LogP contribution < -0.4 is 15.2 Å². The molecule has 3 rings (SSSR count). The van der Waals surface area contributed by atoms with Gasteiger partial charge < -0.3 is 14.9 Å². The number of carbonyl (C=O) groups excluding carboxylic acids is 1. The number of pyridine rings is 1. The molecule has 0 radical (unpaired) electrons. The van der Waals surface area contributed by atoms with E-state index in [0.29, 0.717) is 24.3 Å². The lowest BCUT2D eigenvalue weighted by atomic mass is 9.95. The fraction of sp³-hybridized carbons (Fsp3) is 0.455. The molecule has 170 valence electrons. The maximum atomic E-state index is 12.5. The number of phenolic OH excluding ortho intramolecular Hbond substituents is 1. The third-order valence-electron chi connectivity index (χ3n) is 5.15. The summed E-state index contributed by atoms with van der Waals surface area (Å²) in [7, 11) is 0. The number of carbonyl (C=O) groups is 1. The summed E-state index contributed by atoms with van der Waals surface area (Å²) in [6, 6.07) is 4.48. The zero-order valence-corrected chi connectivity index (χ0v) is 18.5. The molecule has 1 N–H and O–H groups in total. The van der Waals surface area contributed by atoms with Gasteiger partial charge in [-0.05, 0) is 23.6 Å². The molecule has 0 atom stereocenters. The molecule has 0 unspecified atom stereocenters. The number of nitrogens with zero attached hydrogens (tertiary/aromatic N) is 4. The van der Waals surface area contributed by atoms with E-state index in [1.54, 1.807) is 10.7 Å². The zero-order valence-electron chi connectivity index (χ0n) is 18.5. The first-order valence-corrected chi connectivity index (χ1v) is 10.2. The van der Waals surface area contributed by atoms with Crippen molar-refractivity contribution in [2.45, 2.75) is 34.2 Å². The largest absolute Gasteiger partial charge is 0.504 e. The van der Waals surface area contributed by atoms with Crippen molar-refractivity contribution in [2.24, 2.45) is 21.7 Å².